The summed E-state index contributed by atoms with van der Waals surface area (Å²) in [5, 5.41) is 0. The molecule has 116 valence electrons. The van der Waals surface area contributed by atoms with Crippen LogP contribution in [-0.4, -0.2) is 4.98 Å². The van der Waals surface area contributed by atoms with E-state index < -0.39 is 0 Å². The van der Waals surface area contributed by atoms with Gasteiger partial charge in [-0.05, 0) is 36.6 Å². The first-order valence-corrected chi connectivity index (χ1v) is 8.09. The van der Waals surface area contributed by atoms with E-state index in [9.17, 15) is 0 Å². The zero-order valence-corrected chi connectivity index (χ0v) is 14.2. The Bertz CT molecular complexity index is 835. The molecule has 0 saturated heterocycles. The fourth-order valence-corrected chi connectivity index (χ4v) is 2.79. The highest BCUT2D eigenvalue weighted by atomic mass is 14.9. The number of rotatable bonds is 3. The molecule has 23 heavy (non-hydrogen) atoms. The lowest BCUT2D eigenvalue weighted by Crippen LogP contribution is -2.30. The van der Waals surface area contributed by atoms with Crippen molar-refractivity contribution < 1.29 is 4.57 Å². The minimum Gasteiger partial charge on any atom is -0.253 e. The van der Waals surface area contributed by atoms with Crippen molar-refractivity contribution in [1.29, 1.82) is 0 Å². The predicted octanol–water partition coefficient (Wildman–Crippen LogP) is 4.67. The van der Waals surface area contributed by atoms with E-state index in [1.54, 1.807) is 0 Å². The van der Waals surface area contributed by atoms with Crippen LogP contribution in [0.3, 0.4) is 0 Å². The quantitative estimate of drug-likeness (QED) is 0.642. The van der Waals surface area contributed by atoms with Crippen LogP contribution in [-0.2, 0) is 7.05 Å². The van der Waals surface area contributed by atoms with Gasteiger partial charge in [0.15, 0.2) is 6.20 Å². The SMILES string of the molecule is Cc1ccccc1-c1cc(-c2cccc(C(C)C)n2)cc[n+]1C. The molecule has 3 rings (SSSR count). The van der Waals surface area contributed by atoms with Crippen LogP contribution in [0.4, 0.5) is 0 Å². The molecule has 0 radical (unpaired) electrons. The standard InChI is InChI=1S/C21H23N2/c1-15(2)19-10-7-11-20(22-19)17-12-13-23(4)21(14-17)18-9-6-5-8-16(18)3/h5-15H,1-4H3/q+1. The summed E-state index contributed by atoms with van der Waals surface area (Å²) in [7, 11) is 2.09. The summed E-state index contributed by atoms with van der Waals surface area (Å²) >= 11 is 0. The van der Waals surface area contributed by atoms with Gasteiger partial charge in [-0.15, -0.1) is 0 Å². The van der Waals surface area contributed by atoms with Gasteiger partial charge in [-0.25, -0.2) is 4.57 Å². The van der Waals surface area contributed by atoms with Crippen molar-refractivity contribution in [2.75, 3.05) is 0 Å². The van der Waals surface area contributed by atoms with Gasteiger partial charge in [-0.2, -0.15) is 0 Å². The largest absolute Gasteiger partial charge is 0.253 e. The van der Waals surface area contributed by atoms with Crippen LogP contribution < -0.4 is 4.57 Å². The summed E-state index contributed by atoms with van der Waals surface area (Å²) in [6.45, 7) is 6.51. The Morgan fingerprint density at radius 3 is 2.48 bits per heavy atom. The van der Waals surface area contributed by atoms with Gasteiger partial charge in [0.25, 0.3) is 0 Å². The van der Waals surface area contributed by atoms with Gasteiger partial charge in [0.2, 0.25) is 5.69 Å². The minimum atomic E-state index is 0.436. The van der Waals surface area contributed by atoms with Crippen molar-refractivity contribution in [2.45, 2.75) is 26.7 Å². The molecule has 0 aliphatic carbocycles. The van der Waals surface area contributed by atoms with Gasteiger partial charge in [-0.3, -0.25) is 4.98 Å². The number of aryl methyl sites for hydroxylation is 2. The van der Waals surface area contributed by atoms with Crippen LogP contribution in [0.25, 0.3) is 22.5 Å². The zero-order valence-electron chi connectivity index (χ0n) is 14.2. The van der Waals surface area contributed by atoms with E-state index in [-0.39, 0.29) is 0 Å². The van der Waals surface area contributed by atoms with Crippen molar-refractivity contribution in [3.8, 4) is 22.5 Å². The van der Waals surface area contributed by atoms with E-state index >= 15 is 0 Å². The van der Waals surface area contributed by atoms with Crippen molar-refractivity contribution in [3.63, 3.8) is 0 Å². The van der Waals surface area contributed by atoms with Crippen LogP contribution in [0.1, 0.15) is 31.0 Å². The van der Waals surface area contributed by atoms with Crippen molar-refractivity contribution in [1.82, 2.24) is 4.98 Å². The molecule has 0 spiro atoms. The van der Waals surface area contributed by atoms with Gasteiger partial charge >= 0.3 is 0 Å². The third kappa shape index (κ3) is 3.16. The number of hydrogen-bond acceptors (Lipinski definition) is 1. The van der Waals surface area contributed by atoms with E-state index in [0.717, 1.165) is 17.0 Å². The lowest BCUT2D eigenvalue weighted by atomic mass is 10.0. The number of hydrogen-bond donors (Lipinski definition) is 0. The van der Waals surface area contributed by atoms with Gasteiger partial charge < -0.3 is 0 Å². The van der Waals surface area contributed by atoms with Crippen LogP contribution >= 0.6 is 0 Å². The maximum absolute atomic E-state index is 4.82. The molecule has 2 heterocycles. The van der Waals surface area contributed by atoms with Gasteiger partial charge in [0, 0.05) is 29.0 Å². The highest BCUT2D eigenvalue weighted by molar-refractivity contribution is 5.68. The summed E-state index contributed by atoms with van der Waals surface area (Å²) in [5.74, 6) is 0.436. The third-order valence-electron chi connectivity index (χ3n) is 4.23. The first-order valence-electron chi connectivity index (χ1n) is 8.09. The Morgan fingerprint density at radius 2 is 1.74 bits per heavy atom. The van der Waals surface area contributed by atoms with Crippen LogP contribution in [0.15, 0.2) is 60.8 Å². The molecule has 2 aromatic heterocycles. The van der Waals surface area contributed by atoms with Crippen LogP contribution in [0, 0.1) is 6.92 Å². The molecule has 0 N–H and O–H groups in total. The summed E-state index contributed by atoms with van der Waals surface area (Å²) in [6, 6.07) is 19.1. The first-order chi connectivity index (χ1) is 11.1. The average Bonchev–Trinajstić information content (AvgIpc) is 2.56. The van der Waals surface area contributed by atoms with E-state index in [4.69, 9.17) is 4.98 Å². The molecule has 0 unspecified atom stereocenters. The van der Waals surface area contributed by atoms with Crippen LogP contribution in [0.2, 0.25) is 0 Å². The molecule has 0 atom stereocenters. The highest BCUT2D eigenvalue weighted by Gasteiger charge is 2.14. The van der Waals surface area contributed by atoms with Crippen molar-refractivity contribution >= 4 is 0 Å². The fourth-order valence-electron chi connectivity index (χ4n) is 2.79. The summed E-state index contributed by atoms with van der Waals surface area (Å²) in [4.78, 5) is 4.82. The molecule has 2 nitrogen and oxygen atoms in total. The van der Waals surface area contributed by atoms with Gasteiger partial charge in [-0.1, -0.05) is 38.1 Å². The topological polar surface area (TPSA) is 16.8 Å². The maximum Gasteiger partial charge on any atom is 0.213 e. The summed E-state index contributed by atoms with van der Waals surface area (Å²) in [6.07, 6.45) is 2.11. The normalized spacial score (nSPS) is 11.0. The smallest absolute Gasteiger partial charge is 0.213 e. The zero-order chi connectivity index (χ0) is 16.4. The first kappa shape index (κ1) is 15.4. The Hall–Kier alpha value is -2.48. The van der Waals surface area contributed by atoms with E-state index in [0.29, 0.717) is 5.92 Å². The second-order valence-electron chi connectivity index (χ2n) is 6.33. The maximum atomic E-state index is 4.82. The molecule has 0 fully saturated rings. The number of aromatic nitrogens is 2. The summed E-state index contributed by atoms with van der Waals surface area (Å²) in [5.41, 5.74) is 7.07. The second kappa shape index (κ2) is 6.33. The lowest BCUT2D eigenvalue weighted by molar-refractivity contribution is -0.660. The van der Waals surface area contributed by atoms with E-state index in [2.05, 4.69) is 93.2 Å². The molecule has 0 amide bonds. The predicted molar refractivity (Wildman–Crippen MR) is 95.1 cm³/mol. The Labute approximate surface area is 138 Å². The number of pyridine rings is 2. The second-order valence-corrected chi connectivity index (χ2v) is 6.33. The Balaban J connectivity index is 2.11. The van der Waals surface area contributed by atoms with Crippen LogP contribution in [0.5, 0.6) is 0 Å². The lowest BCUT2D eigenvalue weighted by Gasteiger charge is -2.09. The molecule has 0 aliphatic rings. The van der Waals surface area contributed by atoms with Crippen molar-refractivity contribution in [3.05, 3.63) is 72.1 Å². The van der Waals surface area contributed by atoms with E-state index in [1.165, 1.54) is 16.8 Å². The monoisotopic (exact) mass is 303 g/mol. The molecular formula is C21H23N2+. The van der Waals surface area contributed by atoms with Crippen molar-refractivity contribution in [2.24, 2.45) is 7.05 Å². The molecule has 2 heteroatoms. The molecule has 0 aliphatic heterocycles. The average molecular weight is 303 g/mol. The molecule has 3 aromatic rings. The third-order valence-corrected chi connectivity index (χ3v) is 4.23. The molecule has 1 aromatic carbocycles. The molecular weight excluding hydrogens is 280 g/mol. The fraction of sp³-hybridized carbons (Fsp3) is 0.238. The van der Waals surface area contributed by atoms with Gasteiger partial charge in [0.05, 0.1) is 5.69 Å². The molecule has 0 bridgehead atoms. The van der Waals surface area contributed by atoms with E-state index in [1.807, 2.05) is 0 Å². The molecule has 0 saturated carbocycles. The van der Waals surface area contributed by atoms with Gasteiger partial charge in [0.1, 0.15) is 7.05 Å². The number of benzene rings is 1. The Kier molecular flexibility index (Phi) is 4.24. The highest BCUT2D eigenvalue weighted by Crippen LogP contribution is 2.25. The number of nitrogens with zero attached hydrogens (tertiary/aromatic N) is 2. The summed E-state index contributed by atoms with van der Waals surface area (Å²) < 4.78 is 2.16. The Morgan fingerprint density at radius 1 is 0.957 bits per heavy atom. The minimum absolute atomic E-state index is 0.436.